The normalized spacial score (nSPS) is 19.4. The van der Waals surface area contributed by atoms with Gasteiger partial charge in [0.2, 0.25) is 0 Å². The molecule has 0 heterocycles. The predicted molar refractivity (Wildman–Crippen MR) is 364 cm³/mol. The van der Waals surface area contributed by atoms with E-state index in [1.165, 1.54) is 127 Å². The van der Waals surface area contributed by atoms with Crippen molar-refractivity contribution in [2.75, 3.05) is 4.90 Å². The topological polar surface area (TPSA) is 3.24 Å². The molecule has 5 aliphatic carbocycles. The fourth-order valence-corrected chi connectivity index (χ4v) is 16.0. The van der Waals surface area contributed by atoms with Crippen molar-refractivity contribution in [3.05, 3.63) is 317 Å². The molecule has 1 saturated carbocycles. The van der Waals surface area contributed by atoms with Crippen LogP contribution in [-0.2, 0) is 12.8 Å². The molecule has 1 fully saturated rings. The van der Waals surface area contributed by atoms with Crippen molar-refractivity contribution in [1.29, 1.82) is 0 Å². The quantitative estimate of drug-likeness (QED) is 0.111. The average molecular weight is 1100 g/mol. The molecule has 15 rings (SSSR count). The maximum Gasteiger partial charge on any atom is 0.0606 e. The first-order valence-corrected chi connectivity index (χ1v) is 31.6. The van der Waals surface area contributed by atoms with Gasteiger partial charge in [0.25, 0.3) is 0 Å². The van der Waals surface area contributed by atoms with Gasteiger partial charge < -0.3 is 4.90 Å². The molecule has 1 nitrogen and oxygen atoms in total. The van der Waals surface area contributed by atoms with Gasteiger partial charge in [0.05, 0.1) is 5.54 Å². The van der Waals surface area contributed by atoms with Crippen LogP contribution >= 0.6 is 0 Å². The van der Waals surface area contributed by atoms with Crippen molar-refractivity contribution in [3.63, 3.8) is 0 Å². The summed E-state index contributed by atoms with van der Waals surface area (Å²) in [5, 5.41) is 10.7. The Labute approximate surface area is 502 Å². The maximum absolute atomic E-state index is 3.02. The van der Waals surface area contributed by atoms with Gasteiger partial charge in [-0.1, -0.05) is 268 Å². The molecule has 0 radical (unpaired) electrons. The molecule has 0 N–H and O–H groups in total. The van der Waals surface area contributed by atoms with Gasteiger partial charge in [-0.2, -0.15) is 0 Å². The Hall–Kier alpha value is -9.04. The van der Waals surface area contributed by atoms with Gasteiger partial charge in [-0.3, -0.25) is 0 Å². The summed E-state index contributed by atoms with van der Waals surface area (Å²) in [6.07, 6.45) is 36.5. The first kappa shape index (κ1) is 52.7. The van der Waals surface area contributed by atoms with Crippen molar-refractivity contribution < 1.29 is 0 Å². The maximum atomic E-state index is 3.02. The number of hydrogen-bond donors (Lipinski definition) is 0. The molecule has 0 aliphatic heterocycles. The van der Waals surface area contributed by atoms with Crippen LogP contribution in [-0.4, -0.2) is 5.54 Å². The molecular weight excluding hydrogens is 1020 g/mol. The molecule has 0 amide bonds. The Morgan fingerprint density at radius 3 is 1.49 bits per heavy atom. The van der Waals surface area contributed by atoms with Crippen LogP contribution in [0.2, 0.25) is 0 Å². The highest BCUT2D eigenvalue weighted by Crippen LogP contribution is 2.60. The summed E-state index contributed by atoms with van der Waals surface area (Å²) < 4.78 is 0. The number of anilines is 1. The summed E-state index contributed by atoms with van der Waals surface area (Å²) in [7, 11) is 0. The van der Waals surface area contributed by atoms with Gasteiger partial charge in [0.15, 0.2) is 0 Å². The minimum Gasteiger partial charge on any atom is -0.334 e. The van der Waals surface area contributed by atoms with Crippen LogP contribution in [0.15, 0.2) is 289 Å². The molecule has 3 unspecified atom stereocenters. The Balaban J connectivity index is 1.05. The Morgan fingerprint density at radius 2 is 0.894 bits per heavy atom. The fraction of sp³-hybridized carbons (Fsp3) is 0.190. The predicted octanol–water partition coefficient (Wildman–Crippen LogP) is 22.6. The van der Waals surface area contributed by atoms with Crippen LogP contribution in [0.1, 0.15) is 105 Å². The van der Waals surface area contributed by atoms with E-state index in [-0.39, 0.29) is 11.8 Å². The van der Waals surface area contributed by atoms with Crippen molar-refractivity contribution in [1.82, 2.24) is 0 Å². The zero-order chi connectivity index (χ0) is 56.7. The van der Waals surface area contributed by atoms with Gasteiger partial charge in [-0.25, -0.2) is 0 Å². The zero-order valence-corrected chi connectivity index (χ0v) is 49.0. The summed E-state index contributed by atoms with van der Waals surface area (Å²) in [6.45, 7) is 2.39. The van der Waals surface area contributed by atoms with Gasteiger partial charge in [-0.15, -0.1) is 0 Å². The average Bonchev–Trinajstić information content (AvgIpc) is 1.23. The highest BCUT2D eigenvalue weighted by Gasteiger charge is 2.55. The number of nitrogens with zero attached hydrogens (tertiary/aromatic N) is 1. The van der Waals surface area contributed by atoms with Crippen molar-refractivity contribution in [3.8, 4) is 22.3 Å². The fourth-order valence-electron chi connectivity index (χ4n) is 16.0. The first-order chi connectivity index (χ1) is 42.1. The summed E-state index contributed by atoms with van der Waals surface area (Å²) in [6, 6.07) is 79.8. The van der Waals surface area contributed by atoms with Gasteiger partial charge in [-0.05, 0) is 205 Å². The van der Waals surface area contributed by atoms with Crippen LogP contribution in [0.4, 0.5) is 5.69 Å². The van der Waals surface area contributed by atoms with Crippen LogP contribution in [0.3, 0.4) is 0 Å². The summed E-state index contributed by atoms with van der Waals surface area (Å²) in [5.41, 5.74) is 21.4. The molecule has 1 heteroatoms. The van der Waals surface area contributed by atoms with Crippen LogP contribution in [0, 0.1) is 5.92 Å². The monoisotopic (exact) mass is 1100 g/mol. The molecule has 0 bridgehead atoms. The number of benzene rings is 10. The zero-order valence-electron chi connectivity index (χ0n) is 49.0. The van der Waals surface area contributed by atoms with E-state index in [1.807, 2.05) is 0 Å². The molecule has 0 spiro atoms. The number of allylic oxidation sites excluding steroid dienone is 14. The van der Waals surface area contributed by atoms with E-state index in [1.54, 1.807) is 5.57 Å². The van der Waals surface area contributed by atoms with E-state index >= 15 is 0 Å². The third-order valence-corrected chi connectivity index (χ3v) is 19.7. The van der Waals surface area contributed by atoms with Crippen molar-refractivity contribution >= 4 is 59.9 Å². The first-order valence-electron chi connectivity index (χ1n) is 31.6. The highest BCUT2D eigenvalue weighted by atomic mass is 15.2. The molecule has 10 aromatic carbocycles. The molecule has 0 saturated heterocycles. The number of fused-ring (bicyclic) bond motifs is 5. The molecule has 0 aromatic heterocycles. The van der Waals surface area contributed by atoms with Crippen molar-refractivity contribution in [2.24, 2.45) is 5.92 Å². The minimum absolute atomic E-state index is 0.0476. The lowest BCUT2D eigenvalue weighted by atomic mass is 9.56. The molecular formula is C84H73N. The van der Waals surface area contributed by atoms with E-state index in [0.717, 1.165) is 77.0 Å². The standard InChI is InChI=1S/C84H73N/c1-2-58-27-15-26-46-81(58)85(82-54-53-72(62-34-13-6-14-35-62)76-42-23-24-44-78(76)82)84(56-64-48-50-70(60-30-9-4-10-31-60)74-40-20-17-37-67(64)74)57-65(55-63-47-49-69(59-28-7-3-8-29-59)73-39-19-16-36-66(63)73)68-38-18-25-45-79(68)83(84)80-52-51-71(61-32-11-5-12-33-61)75-41-21-22-43-77(75)80/h3-7,9,11-14,16-17,19-24,27-28,30,32-54,65,83H,2,8,10,15,18,25-26,29,31,55-57H2,1H3. The minimum atomic E-state index is -0.581. The van der Waals surface area contributed by atoms with Crippen LogP contribution in [0.5, 0.6) is 0 Å². The third-order valence-electron chi connectivity index (χ3n) is 19.7. The van der Waals surface area contributed by atoms with E-state index in [4.69, 9.17) is 0 Å². The smallest absolute Gasteiger partial charge is 0.0606 e. The van der Waals surface area contributed by atoms with Gasteiger partial charge >= 0.3 is 0 Å². The molecule has 10 aromatic rings. The van der Waals surface area contributed by atoms with E-state index in [0.29, 0.717) is 0 Å². The SMILES string of the molecule is CCC1=CCCC=C1N(c1ccc(-c2ccccc2)c2ccccc12)C1(Cc2ccc(C3=CC=CCC3)c3ccccc23)CC(Cc2ccc(C3=CC=CCC3)c3ccccc23)C2=CCCC=C2C1c1ccc(-c2ccccc2)c2ccccc12. The molecule has 3 atom stereocenters. The molecule has 414 valence electrons. The Kier molecular flexibility index (Phi) is 14.2. The van der Waals surface area contributed by atoms with Crippen LogP contribution < -0.4 is 4.90 Å². The second-order valence-electron chi connectivity index (χ2n) is 24.4. The largest absolute Gasteiger partial charge is 0.334 e. The Morgan fingerprint density at radius 1 is 0.412 bits per heavy atom. The lowest BCUT2D eigenvalue weighted by molar-refractivity contribution is 0.263. The van der Waals surface area contributed by atoms with Gasteiger partial charge in [0.1, 0.15) is 0 Å². The van der Waals surface area contributed by atoms with Crippen molar-refractivity contribution in [2.45, 2.75) is 95.4 Å². The van der Waals surface area contributed by atoms with Crippen LogP contribution in [0.25, 0.3) is 76.5 Å². The number of rotatable bonds is 13. The lowest BCUT2D eigenvalue weighted by Crippen LogP contribution is -2.59. The summed E-state index contributed by atoms with van der Waals surface area (Å²) >= 11 is 0. The highest BCUT2D eigenvalue weighted by molar-refractivity contribution is 6.06. The summed E-state index contributed by atoms with van der Waals surface area (Å²) in [5.74, 6) is 0.151. The van der Waals surface area contributed by atoms with E-state index < -0.39 is 5.54 Å². The molecule has 85 heavy (non-hydrogen) atoms. The lowest BCUT2D eigenvalue weighted by Gasteiger charge is -2.58. The number of hydrogen-bond acceptors (Lipinski definition) is 1. The third kappa shape index (κ3) is 9.50. The second-order valence-corrected chi connectivity index (χ2v) is 24.4. The Bertz CT molecular complexity index is 4490. The second kappa shape index (κ2) is 22.8. The van der Waals surface area contributed by atoms with E-state index in [2.05, 4.69) is 279 Å². The molecule has 5 aliphatic rings. The van der Waals surface area contributed by atoms with Gasteiger partial charge in [0, 0.05) is 22.7 Å². The van der Waals surface area contributed by atoms with E-state index in [9.17, 15) is 0 Å². The summed E-state index contributed by atoms with van der Waals surface area (Å²) in [4.78, 5) is 3.02.